The molecule has 0 rings (SSSR count). The number of unbranched alkanes of at least 4 members (excludes halogenated alkanes) is 1. The topological polar surface area (TPSA) is 0 Å². The SMILES string of the molecule is CC=C=CCCCC(=CC)CC. The molecule has 0 bridgehead atoms. The molecular weight excluding hydrogens is 144 g/mol. The second kappa shape index (κ2) is 8.36. The van der Waals surface area contributed by atoms with Crippen LogP contribution in [0.15, 0.2) is 29.5 Å². The molecule has 0 saturated heterocycles. The predicted octanol–water partition coefficient (Wildman–Crippen LogP) is 4.24. The lowest BCUT2D eigenvalue weighted by Gasteiger charge is -2.00. The van der Waals surface area contributed by atoms with Gasteiger partial charge in [0.1, 0.15) is 0 Å². The second-order valence-electron chi connectivity index (χ2n) is 2.85. The van der Waals surface area contributed by atoms with Crippen LogP contribution in [-0.4, -0.2) is 0 Å². The third kappa shape index (κ3) is 6.00. The zero-order chi connectivity index (χ0) is 9.23. The van der Waals surface area contributed by atoms with E-state index in [2.05, 4.69) is 31.7 Å². The molecule has 0 spiro atoms. The Labute approximate surface area is 76.7 Å². The van der Waals surface area contributed by atoms with Crippen molar-refractivity contribution in [2.45, 2.75) is 46.5 Å². The summed E-state index contributed by atoms with van der Waals surface area (Å²) >= 11 is 0. The first-order valence-electron chi connectivity index (χ1n) is 4.84. The van der Waals surface area contributed by atoms with E-state index in [1.165, 1.54) is 19.3 Å². The van der Waals surface area contributed by atoms with Gasteiger partial charge in [-0.1, -0.05) is 18.6 Å². The van der Waals surface area contributed by atoms with Crippen molar-refractivity contribution < 1.29 is 0 Å². The van der Waals surface area contributed by atoms with E-state index in [9.17, 15) is 0 Å². The zero-order valence-corrected chi connectivity index (χ0v) is 8.56. The highest BCUT2D eigenvalue weighted by atomic mass is 14.0. The van der Waals surface area contributed by atoms with Crippen molar-refractivity contribution in [3.8, 4) is 0 Å². The first-order valence-corrected chi connectivity index (χ1v) is 4.84. The molecule has 0 aromatic heterocycles. The van der Waals surface area contributed by atoms with E-state index < -0.39 is 0 Å². The molecule has 0 aliphatic carbocycles. The van der Waals surface area contributed by atoms with Crippen LogP contribution in [0, 0.1) is 0 Å². The Balaban J connectivity index is 3.49. The lowest BCUT2D eigenvalue weighted by atomic mass is 10.1. The predicted molar refractivity (Wildman–Crippen MR) is 56.2 cm³/mol. The summed E-state index contributed by atoms with van der Waals surface area (Å²) in [5.41, 5.74) is 4.66. The van der Waals surface area contributed by atoms with E-state index in [4.69, 9.17) is 0 Å². The molecule has 68 valence electrons. The van der Waals surface area contributed by atoms with Gasteiger partial charge in [-0.25, -0.2) is 0 Å². The Morgan fingerprint density at radius 3 is 2.58 bits per heavy atom. The maximum Gasteiger partial charge on any atom is -0.0271 e. The van der Waals surface area contributed by atoms with Gasteiger partial charge in [-0.15, -0.1) is 5.73 Å². The third-order valence-corrected chi connectivity index (χ3v) is 1.99. The normalized spacial score (nSPS) is 10.8. The Hall–Kier alpha value is -0.740. The molecule has 0 N–H and O–H groups in total. The van der Waals surface area contributed by atoms with Crippen LogP contribution in [0.2, 0.25) is 0 Å². The lowest BCUT2D eigenvalue weighted by molar-refractivity contribution is 0.802. The Kier molecular flexibility index (Phi) is 7.84. The van der Waals surface area contributed by atoms with Gasteiger partial charge < -0.3 is 0 Å². The summed E-state index contributed by atoms with van der Waals surface area (Å²) in [7, 11) is 0. The maximum atomic E-state index is 3.09. The summed E-state index contributed by atoms with van der Waals surface area (Å²) in [4.78, 5) is 0. The molecule has 0 aromatic carbocycles. The molecule has 0 aliphatic rings. The van der Waals surface area contributed by atoms with Crippen LogP contribution in [0.5, 0.6) is 0 Å². The summed E-state index contributed by atoms with van der Waals surface area (Å²) in [5.74, 6) is 0. The molecule has 12 heavy (non-hydrogen) atoms. The van der Waals surface area contributed by atoms with Crippen LogP contribution in [-0.2, 0) is 0 Å². The first-order chi connectivity index (χ1) is 5.85. The van der Waals surface area contributed by atoms with Crippen molar-refractivity contribution in [1.29, 1.82) is 0 Å². The highest BCUT2D eigenvalue weighted by Crippen LogP contribution is 2.10. The van der Waals surface area contributed by atoms with Gasteiger partial charge in [-0.3, -0.25) is 0 Å². The highest BCUT2D eigenvalue weighted by molar-refractivity contribution is 4.99. The average molecular weight is 164 g/mol. The van der Waals surface area contributed by atoms with Crippen LogP contribution in [0.3, 0.4) is 0 Å². The van der Waals surface area contributed by atoms with Gasteiger partial charge >= 0.3 is 0 Å². The standard InChI is InChI=1S/C12H20/c1-4-7-8-9-10-11-12(5-2)6-3/h4-5,8H,6,9-11H2,1-3H3. The summed E-state index contributed by atoms with van der Waals surface area (Å²) < 4.78 is 0. The Morgan fingerprint density at radius 1 is 1.33 bits per heavy atom. The monoisotopic (exact) mass is 164 g/mol. The average Bonchev–Trinajstić information content (AvgIpc) is 2.11. The minimum atomic E-state index is 1.15. The van der Waals surface area contributed by atoms with Gasteiger partial charge in [0.25, 0.3) is 0 Å². The molecule has 0 nitrogen and oxygen atoms in total. The third-order valence-electron chi connectivity index (χ3n) is 1.99. The van der Waals surface area contributed by atoms with Crippen LogP contribution in [0.1, 0.15) is 46.5 Å². The van der Waals surface area contributed by atoms with Crippen molar-refractivity contribution in [1.82, 2.24) is 0 Å². The fourth-order valence-electron chi connectivity index (χ4n) is 1.16. The highest BCUT2D eigenvalue weighted by Gasteiger charge is 1.90. The van der Waals surface area contributed by atoms with Crippen molar-refractivity contribution in [2.24, 2.45) is 0 Å². The quantitative estimate of drug-likeness (QED) is 0.324. The second-order valence-corrected chi connectivity index (χ2v) is 2.85. The van der Waals surface area contributed by atoms with Gasteiger partial charge in [0.2, 0.25) is 0 Å². The van der Waals surface area contributed by atoms with E-state index in [0.717, 1.165) is 6.42 Å². The van der Waals surface area contributed by atoms with Crippen molar-refractivity contribution in [2.75, 3.05) is 0 Å². The van der Waals surface area contributed by atoms with E-state index in [1.807, 2.05) is 13.0 Å². The maximum absolute atomic E-state index is 3.09. The first kappa shape index (κ1) is 11.3. The van der Waals surface area contributed by atoms with Gasteiger partial charge in [0.15, 0.2) is 0 Å². The van der Waals surface area contributed by atoms with Gasteiger partial charge in [0.05, 0.1) is 0 Å². The summed E-state index contributed by atoms with van der Waals surface area (Å²) in [6.45, 7) is 6.34. The van der Waals surface area contributed by atoms with Crippen LogP contribution < -0.4 is 0 Å². The van der Waals surface area contributed by atoms with Crippen molar-refractivity contribution >= 4 is 0 Å². The number of rotatable bonds is 5. The van der Waals surface area contributed by atoms with Crippen molar-refractivity contribution in [3.05, 3.63) is 29.5 Å². The molecule has 0 amide bonds. The Morgan fingerprint density at radius 2 is 2.08 bits per heavy atom. The molecule has 0 heteroatoms. The minimum absolute atomic E-state index is 1.15. The zero-order valence-electron chi connectivity index (χ0n) is 8.56. The number of hydrogen-bond donors (Lipinski definition) is 0. The molecule has 0 unspecified atom stereocenters. The van der Waals surface area contributed by atoms with Gasteiger partial charge in [-0.05, 0) is 51.7 Å². The van der Waals surface area contributed by atoms with Crippen LogP contribution in [0.4, 0.5) is 0 Å². The van der Waals surface area contributed by atoms with Gasteiger partial charge in [-0.2, -0.15) is 0 Å². The van der Waals surface area contributed by atoms with E-state index in [1.54, 1.807) is 5.57 Å². The summed E-state index contributed by atoms with van der Waals surface area (Å²) in [5, 5.41) is 0. The summed E-state index contributed by atoms with van der Waals surface area (Å²) in [6, 6.07) is 0. The summed E-state index contributed by atoms with van der Waals surface area (Å²) in [6.07, 6.45) is 11.2. The van der Waals surface area contributed by atoms with Crippen molar-refractivity contribution in [3.63, 3.8) is 0 Å². The van der Waals surface area contributed by atoms with Crippen LogP contribution >= 0.6 is 0 Å². The number of allylic oxidation sites excluding steroid dienone is 3. The molecule has 0 heterocycles. The van der Waals surface area contributed by atoms with E-state index in [-0.39, 0.29) is 0 Å². The molecular formula is C12H20. The fraction of sp³-hybridized carbons (Fsp3) is 0.583. The smallest absolute Gasteiger partial charge is 0.0271 e. The molecule has 0 fully saturated rings. The molecule has 0 aliphatic heterocycles. The Bertz CT molecular complexity index is 178. The molecule has 0 atom stereocenters. The van der Waals surface area contributed by atoms with E-state index in [0.29, 0.717) is 0 Å². The number of hydrogen-bond acceptors (Lipinski definition) is 0. The minimum Gasteiger partial charge on any atom is -0.130 e. The van der Waals surface area contributed by atoms with E-state index >= 15 is 0 Å². The molecule has 0 radical (unpaired) electrons. The van der Waals surface area contributed by atoms with Gasteiger partial charge in [0, 0.05) is 0 Å². The van der Waals surface area contributed by atoms with Crippen LogP contribution in [0.25, 0.3) is 0 Å². The fourth-order valence-corrected chi connectivity index (χ4v) is 1.16. The largest absolute Gasteiger partial charge is 0.130 e. The molecule has 0 aromatic rings. The molecule has 0 saturated carbocycles. The lowest BCUT2D eigenvalue weighted by Crippen LogP contribution is -1.80.